The van der Waals surface area contributed by atoms with Gasteiger partial charge in [-0.05, 0) is 75.8 Å². The fraction of sp³-hybridized carbons (Fsp3) is 0.125. The van der Waals surface area contributed by atoms with Gasteiger partial charge in [-0.1, -0.05) is 122 Å². The van der Waals surface area contributed by atoms with Crippen LogP contribution < -0.4 is 0 Å². The van der Waals surface area contributed by atoms with Crippen LogP contribution in [-0.4, -0.2) is 15.0 Å². The Balaban J connectivity index is 1.32. The monoisotopic (exact) mass is 553 g/mol. The van der Waals surface area contributed by atoms with Gasteiger partial charge >= 0.3 is 0 Å². The quantitative estimate of drug-likeness (QED) is 0.218. The van der Waals surface area contributed by atoms with Crippen molar-refractivity contribution in [1.82, 2.24) is 15.0 Å². The highest BCUT2D eigenvalue weighted by atomic mass is 15.0. The molecule has 3 heteroatoms. The van der Waals surface area contributed by atoms with Crippen molar-refractivity contribution < 1.29 is 0 Å². The molecule has 3 nitrogen and oxygen atoms in total. The second kappa shape index (κ2) is 9.43. The molecule has 0 unspecified atom stereocenters. The standard InChI is InChI=1S/C40H31N3/c1-24-9-11-28-21-30(15-13-26(28)19-24)37-41-38(31-16-14-27-20-25(2)10-12-29(27)22-31)43-39(42-37)32-17-18-34-33-7-5-6-8-35(33)40(3,4)36(34)23-32/h5-23H,1-4H3. The average molecular weight is 554 g/mol. The van der Waals surface area contributed by atoms with Crippen LogP contribution in [0.25, 0.3) is 66.8 Å². The summed E-state index contributed by atoms with van der Waals surface area (Å²) < 4.78 is 0. The van der Waals surface area contributed by atoms with Crippen LogP contribution in [0.15, 0.2) is 115 Å². The van der Waals surface area contributed by atoms with E-state index in [9.17, 15) is 0 Å². The van der Waals surface area contributed by atoms with Crippen LogP contribution >= 0.6 is 0 Å². The highest BCUT2D eigenvalue weighted by Crippen LogP contribution is 2.49. The first-order chi connectivity index (χ1) is 20.8. The molecule has 0 fully saturated rings. The van der Waals surface area contributed by atoms with E-state index in [4.69, 9.17) is 15.0 Å². The van der Waals surface area contributed by atoms with Crippen LogP contribution in [0.1, 0.15) is 36.1 Å². The van der Waals surface area contributed by atoms with Gasteiger partial charge in [0.1, 0.15) is 0 Å². The summed E-state index contributed by atoms with van der Waals surface area (Å²) in [6, 6.07) is 41.4. The van der Waals surface area contributed by atoms with Crippen molar-refractivity contribution in [3.8, 4) is 45.3 Å². The van der Waals surface area contributed by atoms with Gasteiger partial charge < -0.3 is 0 Å². The number of aryl methyl sites for hydroxylation is 2. The minimum absolute atomic E-state index is 0.104. The molecule has 0 spiro atoms. The number of nitrogens with zero attached hydrogens (tertiary/aromatic N) is 3. The molecule has 0 bridgehead atoms. The summed E-state index contributed by atoms with van der Waals surface area (Å²) in [5, 5.41) is 4.77. The maximum Gasteiger partial charge on any atom is 0.164 e. The van der Waals surface area contributed by atoms with E-state index in [-0.39, 0.29) is 5.41 Å². The maximum atomic E-state index is 5.10. The highest BCUT2D eigenvalue weighted by molar-refractivity contribution is 5.89. The van der Waals surface area contributed by atoms with Gasteiger partial charge in [0, 0.05) is 22.1 Å². The summed E-state index contributed by atoms with van der Waals surface area (Å²) >= 11 is 0. The zero-order valence-electron chi connectivity index (χ0n) is 24.8. The Hall–Kier alpha value is -5.15. The summed E-state index contributed by atoms with van der Waals surface area (Å²) in [6.45, 7) is 8.86. The summed E-state index contributed by atoms with van der Waals surface area (Å²) in [4.78, 5) is 15.3. The highest BCUT2D eigenvalue weighted by Gasteiger charge is 2.35. The van der Waals surface area contributed by atoms with Gasteiger partial charge in [-0.25, -0.2) is 15.0 Å². The molecule has 0 saturated heterocycles. The van der Waals surface area contributed by atoms with Crippen molar-refractivity contribution in [2.45, 2.75) is 33.1 Å². The molecule has 8 rings (SSSR count). The lowest BCUT2D eigenvalue weighted by atomic mass is 9.82. The normalized spacial score (nSPS) is 13.3. The Morgan fingerprint density at radius 2 is 0.860 bits per heavy atom. The second-order valence-corrected chi connectivity index (χ2v) is 12.4. The van der Waals surface area contributed by atoms with E-state index in [1.54, 1.807) is 0 Å². The van der Waals surface area contributed by atoms with E-state index in [0.717, 1.165) is 16.7 Å². The summed E-state index contributed by atoms with van der Waals surface area (Å²) in [5.41, 5.74) is 10.6. The molecule has 1 aromatic heterocycles. The van der Waals surface area contributed by atoms with E-state index in [1.807, 2.05) is 0 Å². The van der Waals surface area contributed by atoms with Crippen molar-refractivity contribution in [2.75, 3.05) is 0 Å². The number of rotatable bonds is 3. The molecule has 1 aliphatic carbocycles. The van der Waals surface area contributed by atoms with Crippen LogP contribution in [0, 0.1) is 13.8 Å². The molecular weight excluding hydrogens is 522 g/mol. The number of hydrogen-bond acceptors (Lipinski definition) is 3. The molecule has 0 atom stereocenters. The molecule has 0 saturated carbocycles. The van der Waals surface area contributed by atoms with Gasteiger partial charge in [0.05, 0.1) is 0 Å². The van der Waals surface area contributed by atoms with Crippen LogP contribution in [0.5, 0.6) is 0 Å². The van der Waals surface area contributed by atoms with Crippen LogP contribution in [0.2, 0.25) is 0 Å². The van der Waals surface area contributed by atoms with Gasteiger partial charge in [-0.3, -0.25) is 0 Å². The minimum atomic E-state index is -0.104. The fourth-order valence-electron chi connectivity index (χ4n) is 6.62. The number of hydrogen-bond donors (Lipinski definition) is 0. The molecule has 0 aliphatic heterocycles. The molecule has 43 heavy (non-hydrogen) atoms. The molecule has 1 aliphatic rings. The van der Waals surface area contributed by atoms with Crippen LogP contribution in [0.4, 0.5) is 0 Å². The first kappa shape index (κ1) is 25.6. The number of fused-ring (bicyclic) bond motifs is 5. The summed E-state index contributed by atoms with van der Waals surface area (Å²) in [7, 11) is 0. The van der Waals surface area contributed by atoms with E-state index in [0.29, 0.717) is 17.5 Å². The second-order valence-electron chi connectivity index (χ2n) is 12.4. The SMILES string of the molecule is Cc1ccc2cc(-c3nc(-c4ccc5c(c4)C(C)(C)c4ccccc4-5)nc(-c4ccc5cc(C)ccc5c4)n3)ccc2c1. The number of benzene rings is 6. The van der Waals surface area contributed by atoms with Crippen molar-refractivity contribution in [1.29, 1.82) is 0 Å². The van der Waals surface area contributed by atoms with Gasteiger partial charge in [-0.2, -0.15) is 0 Å². The first-order valence-electron chi connectivity index (χ1n) is 14.9. The Labute approximate surface area is 252 Å². The Morgan fingerprint density at radius 1 is 0.419 bits per heavy atom. The van der Waals surface area contributed by atoms with E-state index in [2.05, 4.69) is 143 Å². The predicted molar refractivity (Wildman–Crippen MR) is 178 cm³/mol. The predicted octanol–water partition coefficient (Wildman–Crippen LogP) is 10.1. The smallest absolute Gasteiger partial charge is 0.164 e. The van der Waals surface area contributed by atoms with Crippen molar-refractivity contribution >= 4 is 21.5 Å². The molecule has 1 heterocycles. The third kappa shape index (κ3) is 4.23. The van der Waals surface area contributed by atoms with E-state index < -0.39 is 0 Å². The summed E-state index contributed by atoms with van der Waals surface area (Å²) in [6.07, 6.45) is 0. The maximum absolute atomic E-state index is 5.10. The lowest BCUT2D eigenvalue weighted by Crippen LogP contribution is -2.15. The average Bonchev–Trinajstić information content (AvgIpc) is 3.26. The molecule has 7 aromatic rings. The van der Waals surface area contributed by atoms with Crippen molar-refractivity contribution in [3.05, 3.63) is 138 Å². The topological polar surface area (TPSA) is 38.7 Å². The van der Waals surface area contributed by atoms with Crippen molar-refractivity contribution in [2.24, 2.45) is 0 Å². The Morgan fingerprint density at radius 3 is 1.44 bits per heavy atom. The van der Waals surface area contributed by atoms with E-state index >= 15 is 0 Å². The third-order valence-electron chi connectivity index (χ3n) is 8.98. The van der Waals surface area contributed by atoms with Gasteiger partial charge in [0.2, 0.25) is 0 Å². The fourth-order valence-corrected chi connectivity index (χ4v) is 6.62. The molecule has 206 valence electrons. The Kier molecular flexibility index (Phi) is 5.61. The molecule has 0 amide bonds. The molecule has 6 aromatic carbocycles. The first-order valence-corrected chi connectivity index (χ1v) is 14.9. The molecular formula is C40H31N3. The van der Waals surface area contributed by atoms with Crippen LogP contribution in [-0.2, 0) is 5.41 Å². The van der Waals surface area contributed by atoms with Gasteiger partial charge in [-0.15, -0.1) is 0 Å². The zero-order valence-corrected chi connectivity index (χ0v) is 24.8. The lowest BCUT2D eigenvalue weighted by molar-refractivity contribution is 0.660. The Bertz CT molecular complexity index is 2140. The summed E-state index contributed by atoms with van der Waals surface area (Å²) in [5.74, 6) is 2.03. The zero-order chi connectivity index (χ0) is 29.3. The van der Waals surface area contributed by atoms with E-state index in [1.165, 1.54) is 54.9 Å². The third-order valence-corrected chi connectivity index (χ3v) is 8.98. The molecule has 0 radical (unpaired) electrons. The van der Waals surface area contributed by atoms with Crippen LogP contribution in [0.3, 0.4) is 0 Å². The number of aromatic nitrogens is 3. The largest absolute Gasteiger partial charge is 0.208 e. The minimum Gasteiger partial charge on any atom is -0.208 e. The van der Waals surface area contributed by atoms with Crippen molar-refractivity contribution in [3.63, 3.8) is 0 Å². The van der Waals surface area contributed by atoms with Gasteiger partial charge in [0.15, 0.2) is 17.5 Å². The van der Waals surface area contributed by atoms with Gasteiger partial charge in [0.25, 0.3) is 0 Å². The molecule has 0 N–H and O–H groups in total. The lowest BCUT2D eigenvalue weighted by Gasteiger charge is -2.21.